The van der Waals surface area contributed by atoms with Gasteiger partial charge in [0, 0.05) is 19.8 Å². The molecular weight excluding hydrogens is 336 g/mol. The van der Waals surface area contributed by atoms with Crippen molar-refractivity contribution in [1.29, 1.82) is 0 Å². The Morgan fingerprint density at radius 2 is 1.88 bits per heavy atom. The summed E-state index contributed by atoms with van der Waals surface area (Å²) in [4.78, 5) is 40.8. The van der Waals surface area contributed by atoms with Crippen LogP contribution in [0, 0.1) is 0 Å². The van der Waals surface area contributed by atoms with Gasteiger partial charge in [-0.1, -0.05) is 12.1 Å². The average Bonchev–Trinajstić information content (AvgIpc) is 2.68. The van der Waals surface area contributed by atoms with Crippen LogP contribution in [-0.2, 0) is 24.9 Å². The number of hydrogen-bond donors (Lipinski definition) is 1. The number of rotatable bonds is 5. The molecule has 0 spiro atoms. The zero-order valence-electron chi connectivity index (χ0n) is 14.4. The highest BCUT2D eigenvalue weighted by molar-refractivity contribution is 5.78. The summed E-state index contributed by atoms with van der Waals surface area (Å²) in [6.45, 7) is 0.0475. The van der Waals surface area contributed by atoms with Crippen LogP contribution in [0.1, 0.15) is 5.56 Å². The minimum Gasteiger partial charge on any atom is -0.497 e. The number of benzene rings is 1. The van der Waals surface area contributed by atoms with Gasteiger partial charge in [-0.3, -0.25) is 23.5 Å². The summed E-state index contributed by atoms with van der Waals surface area (Å²) in [5.74, 6) is 0.354. The lowest BCUT2D eigenvalue weighted by Gasteiger charge is -2.12. The number of carbonyl (C=O) groups is 1. The maximum absolute atomic E-state index is 12.3. The van der Waals surface area contributed by atoms with Crippen LogP contribution < -0.4 is 21.2 Å². The zero-order valence-corrected chi connectivity index (χ0v) is 14.4. The van der Waals surface area contributed by atoms with E-state index < -0.39 is 11.1 Å². The van der Waals surface area contributed by atoms with Crippen molar-refractivity contribution < 1.29 is 9.53 Å². The third-order valence-corrected chi connectivity index (χ3v) is 4.06. The van der Waals surface area contributed by atoms with E-state index in [1.54, 1.807) is 31.4 Å². The van der Waals surface area contributed by atoms with E-state index in [-0.39, 0.29) is 12.5 Å². The number of aromatic nitrogens is 3. The van der Waals surface area contributed by atoms with E-state index in [4.69, 9.17) is 4.74 Å². The molecule has 3 rings (SSSR count). The van der Waals surface area contributed by atoms with Crippen LogP contribution in [0.25, 0.3) is 11.2 Å². The lowest BCUT2D eigenvalue weighted by molar-refractivity contribution is -0.121. The van der Waals surface area contributed by atoms with E-state index >= 15 is 0 Å². The first-order chi connectivity index (χ1) is 12.5. The predicted octanol–water partition coefficient (Wildman–Crippen LogP) is 0.420. The van der Waals surface area contributed by atoms with E-state index in [2.05, 4.69) is 10.3 Å². The molecule has 134 valence electrons. The van der Waals surface area contributed by atoms with Gasteiger partial charge in [0.15, 0.2) is 5.65 Å². The van der Waals surface area contributed by atoms with Crippen LogP contribution in [0.4, 0.5) is 0 Å². The number of hydrogen-bond acceptors (Lipinski definition) is 5. The Hall–Kier alpha value is -3.42. The highest BCUT2D eigenvalue weighted by Crippen LogP contribution is 2.11. The number of nitrogens with one attached hydrogen (secondary N) is 1. The van der Waals surface area contributed by atoms with Gasteiger partial charge in [-0.25, -0.2) is 4.98 Å². The minimum atomic E-state index is -0.757. The Morgan fingerprint density at radius 3 is 2.58 bits per heavy atom. The summed E-state index contributed by atoms with van der Waals surface area (Å²) in [5, 5.41) is 2.74. The van der Waals surface area contributed by atoms with Gasteiger partial charge in [-0.15, -0.1) is 0 Å². The van der Waals surface area contributed by atoms with Crippen LogP contribution in [0.15, 0.2) is 52.2 Å². The number of aryl methyl sites for hydroxylation is 1. The molecule has 0 atom stereocenters. The van der Waals surface area contributed by atoms with E-state index in [0.29, 0.717) is 17.7 Å². The molecule has 3 aromatic rings. The summed E-state index contributed by atoms with van der Waals surface area (Å²) in [7, 11) is 3.06. The van der Waals surface area contributed by atoms with Crippen molar-refractivity contribution in [3.8, 4) is 5.75 Å². The molecule has 0 aliphatic carbocycles. The van der Waals surface area contributed by atoms with Crippen LogP contribution in [0.5, 0.6) is 5.75 Å². The van der Waals surface area contributed by atoms with Gasteiger partial charge >= 0.3 is 11.1 Å². The number of methoxy groups -OCH3 is 1. The molecule has 8 nitrogen and oxygen atoms in total. The number of pyridine rings is 1. The molecule has 1 N–H and O–H groups in total. The standard InChI is InChI=1S/C18H18N4O4/c1-21-16-14(4-3-9-19-16)22(18(25)17(21)24)11-15(23)20-10-12-5-7-13(26-2)8-6-12/h3-9H,10-11H2,1-2H3,(H,20,23). The third kappa shape index (κ3) is 3.34. The van der Waals surface area contributed by atoms with E-state index in [0.717, 1.165) is 15.9 Å². The quantitative estimate of drug-likeness (QED) is 0.670. The molecule has 2 aromatic heterocycles. The maximum Gasteiger partial charge on any atom is 0.317 e. The number of fused-ring (bicyclic) bond motifs is 1. The van der Waals surface area contributed by atoms with Gasteiger partial charge < -0.3 is 10.1 Å². The molecule has 1 amide bonds. The van der Waals surface area contributed by atoms with Crippen LogP contribution in [0.2, 0.25) is 0 Å². The molecule has 0 saturated heterocycles. The Morgan fingerprint density at radius 1 is 1.15 bits per heavy atom. The summed E-state index contributed by atoms with van der Waals surface area (Å²) >= 11 is 0. The SMILES string of the molecule is COc1ccc(CNC(=O)Cn2c(=O)c(=O)n(C)c3ncccc32)cc1. The Bertz CT molecular complexity index is 1070. The Balaban J connectivity index is 1.81. The summed E-state index contributed by atoms with van der Waals surface area (Å²) < 4.78 is 7.42. The van der Waals surface area contributed by atoms with Crippen LogP contribution in [0.3, 0.4) is 0 Å². The molecule has 0 bridgehead atoms. The van der Waals surface area contributed by atoms with Gasteiger partial charge in [0.2, 0.25) is 5.91 Å². The second-order valence-electron chi connectivity index (χ2n) is 5.73. The molecule has 0 saturated carbocycles. The van der Waals surface area contributed by atoms with Crippen molar-refractivity contribution in [1.82, 2.24) is 19.4 Å². The van der Waals surface area contributed by atoms with Gasteiger partial charge in [-0.05, 0) is 29.8 Å². The lowest BCUT2D eigenvalue weighted by Crippen LogP contribution is -2.43. The molecule has 0 aliphatic heterocycles. The lowest BCUT2D eigenvalue weighted by atomic mass is 10.2. The van der Waals surface area contributed by atoms with Crippen molar-refractivity contribution in [2.24, 2.45) is 7.05 Å². The zero-order chi connectivity index (χ0) is 18.7. The molecule has 0 unspecified atom stereocenters. The fraction of sp³-hybridized carbons (Fsp3) is 0.222. The summed E-state index contributed by atoms with van der Waals surface area (Å²) in [6, 6.07) is 10.6. The average molecular weight is 354 g/mol. The Labute approximate surface area is 148 Å². The van der Waals surface area contributed by atoms with Crippen LogP contribution in [-0.4, -0.2) is 27.1 Å². The van der Waals surface area contributed by atoms with Gasteiger partial charge in [0.1, 0.15) is 12.3 Å². The minimum absolute atomic E-state index is 0.257. The number of ether oxygens (including phenoxy) is 1. The number of carbonyl (C=O) groups excluding carboxylic acids is 1. The van der Waals surface area contributed by atoms with E-state index in [1.165, 1.54) is 17.8 Å². The molecule has 2 heterocycles. The van der Waals surface area contributed by atoms with Gasteiger partial charge in [0.25, 0.3) is 0 Å². The van der Waals surface area contributed by atoms with Crippen molar-refractivity contribution in [3.63, 3.8) is 0 Å². The highest BCUT2D eigenvalue weighted by atomic mass is 16.5. The van der Waals surface area contributed by atoms with Gasteiger partial charge in [-0.2, -0.15) is 0 Å². The Kier molecular flexibility index (Phi) is 4.83. The topological polar surface area (TPSA) is 95.2 Å². The molecule has 1 aromatic carbocycles. The van der Waals surface area contributed by atoms with Crippen molar-refractivity contribution >= 4 is 17.1 Å². The normalized spacial score (nSPS) is 10.7. The van der Waals surface area contributed by atoms with E-state index in [1.807, 2.05) is 12.1 Å². The molecule has 0 aliphatic rings. The monoisotopic (exact) mass is 354 g/mol. The molecule has 26 heavy (non-hydrogen) atoms. The second-order valence-corrected chi connectivity index (χ2v) is 5.73. The molecule has 0 radical (unpaired) electrons. The van der Waals surface area contributed by atoms with Crippen molar-refractivity contribution in [3.05, 3.63) is 68.9 Å². The first kappa shape index (κ1) is 17.4. The first-order valence-corrected chi connectivity index (χ1v) is 7.95. The van der Waals surface area contributed by atoms with Gasteiger partial charge in [0.05, 0.1) is 12.6 Å². The van der Waals surface area contributed by atoms with Crippen molar-refractivity contribution in [2.75, 3.05) is 7.11 Å². The van der Waals surface area contributed by atoms with E-state index in [9.17, 15) is 14.4 Å². The highest BCUT2D eigenvalue weighted by Gasteiger charge is 2.14. The predicted molar refractivity (Wildman–Crippen MR) is 96.1 cm³/mol. The summed E-state index contributed by atoms with van der Waals surface area (Å²) in [6.07, 6.45) is 1.53. The maximum atomic E-state index is 12.3. The first-order valence-electron chi connectivity index (χ1n) is 7.95. The molecule has 8 heteroatoms. The van der Waals surface area contributed by atoms with Crippen LogP contribution >= 0.6 is 0 Å². The second kappa shape index (κ2) is 7.22. The number of amides is 1. The largest absolute Gasteiger partial charge is 0.497 e. The molecule has 0 fully saturated rings. The number of nitrogens with zero attached hydrogens (tertiary/aromatic N) is 3. The summed E-state index contributed by atoms with van der Waals surface area (Å²) in [5.41, 5.74) is 0.188. The third-order valence-electron chi connectivity index (χ3n) is 4.06. The molecular formula is C18H18N4O4. The fourth-order valence-electron chi connectivity index (χ4n) is 2.62. The van der Waals surface area contributed by atoms with Crippen molar-refractivity contribution in [2.45, 2.75) is 13.1 Å². The smallest absolute Gasteiger partial charge is 0.317 e. The fourth-order valence-corrected chi connectivity index (χ4v) is 2.62.